The lowest BCUT2D eigenvalue weighted by Gasteiger charge is -2.17. The minimum atomic E-state index is -0.0228. The Balaban J connectivity index is 1.89. The Morgan fingerprint density at radius 1 is 1.05 bits per heavy atom. The van der Waals surface area contributed by atoms with Gasteiger partial charge in [-0.05, 0) is 24.5 Å². The Hall–Kier alpha value is -2.13. The van der Waals surface area contributed by atoms with Gasteiger partial charge in [0.25, 0.3) is 0 Å². The monoisotopic (exact) mass is 282 g/mol. The molecule has 0 aliphatic rings. The highest BCUT2D eigenvalue weighted by Gasteiger charge is 2.11. The summed E-state index contributed by atoms with van der Waals surface area (Å²) in [4.78, 5) is 12.1. The molecule has 1 amide bonds. The molecule has 2 rings (SSSR count). The second kappa shape index (κ2) is 7.60. The molecule has 0 radical (unpaired) electrons. The van der Waals surface area contributed by atoms with Gasteiger partial charge in [-0.2, -0.15) is 0 Å². The number of rotatable bonds is 6. The molecule has 0 aliphatic heterocycles. The first-order valence-electron chi connectivity index (χ1n) is 7.26. The van der Waals surface area contributed by atoms with E-state index in [1.54, 1.807) is 0 Å². The maximum Gasteiger partial charge on any atom is 0.224 e. The smallest absolute Gasteiger partial charge is 0.224 e. The van der Waals surface area contributed by atoms with Crippen molar-refractivity contribution in [3.63, 3.8) is 0 Å². The van der Waals surface area contributed by atoms with E-state index in [9.17, 15) is 4.79 Å². The van der Waals surface area contributed by atoms with Gasteiger partial charge in [-0.3, -0.25) is 4.79 Å². The lowest BCUT2D eigenvalue weighted by molar-refractivity contribution is -0.121. The van der Waals surface area contributed by atoms with Crippen molar-refractivity contribution in [1.29, 1.82) is 0 Å². The highest BCUT2D eigenvalue weighted by atomic mass is 16.1. The molecule has 110 valence electrons. The molecule has 3 heteroatoms. The molecule has 1 unspecified atom stereocenters. The first-order valence-corrected chi connectivity index (χ1v) is 7.26. The average molecular weight is 282 g/mol. The number of carbonyl (C=O) groups excluding carboxylic acids is 1. The summed E-state index contributed by atoms with van der Waals surface area (Å²) in [5.74, 6) is 0.0187. The Morgan fingerprint density at radius 2 is 1.71 bits per heavy atom. The van der Waals surface area contributed by atoms with Gasteiger partial charge < -0.3 is 11.1 Å². The summed E-state index contributed by atoms with van der Waals surface area (Å²) < 4.78 is 0. The number of carbonyl (C=O) groups is 1. The summed E-state index contributed by atoms with van der Waals surface area (Å²) >= 11 is 0. The molecule has 0 heterocycles. The Kier molecular flexibility index (Phi) is 5.52. The van der Waals surface area contributed by atoms with Crippen LogP contribution in [0.4, 0.5) is 0 Å². The Labute approximate surface area is 126 Å². The largest absolute Gasteiger partial charge is 0.351 e. The second-order valence-corrected chi connectivity index (χ2v) is 5.35. The van der Waals surface area contributed by atoms with Crippen molar-refractivity contribution in [2.45, 2.75) is 25.8 Å². The van der Waals surface area contributed by atoms with Gasteiger partial charge in [-0.1, -0.05) is 60.2 Å². The number of hydrogen-bond donors (Lipinski definition) is 2. The molecule has 0 saturated carbocycles. The standard InChI is InChI=1S/C18H22N2O/c1-14-7-9-16(10-8-14)12-18(21)20-17(13-19)11-15-5-3-2-4-6-15/h2-10,17H,11-13,19H2,1H3,(H,20,21). The van der Waals surface area contributed by atoms with Crippen LogP contribution in [0.25, 0.3) is 0 Å². The van der Waals surface area contributed by atoms with E-state index in [4.69, 9.17) is 5.73 Å². The SMILES string of the molecule is Cc1ccc(CC(=O)NC(CN)Cc2ccccc2)cc1. The number of nitrogens with two attached hydrogens (primary N) is 1. The van der Waals surface area contributed by atoms with Crippen LogP contribution < -0.4 is 11.1 Å². The Bertz CT molecular complexity index is 564. The molecule has 0 spiro atoms. The molecule has 0 saturated heterocycles. The summed E-state index contributed by atoms with van der Waals surface area (Å²) in [6, 6.07) is 18.1. The summed E-state index contributed by atoms with van der Waals surface area (Å²) in [6.45, 7) is 2.47. The predicted molar refractivity (Wildman–Crippen MR) is 86.0 cm³/mol. The van der Waals surface area contributed by atoms with Gasteiger partial charge in [0.15, 0.2) is 0 Å². The van der Waals surface area contributed by atoms with Crippen LogP contribution in [0.2, 0.25) is 0 Å². The van der Waals surface area contributed by atoms with Crippen molar-refractivity contribution >= 4 is 5.91 Å². The zero-order chi connectivity index (χ0) is 15.1. The molecule has 3 nitrogen and oxygen atoms in total. The third kappa shape index (κ3) is 5.04. The van der Waals surface area contributed by atoms with Crippen molar-refractivity contribution in [3.05, 3.63) is 71.3 Å². The van der Waals surface area contributed by atoms with Crippen molar-refractivity contribution < 1.29 is 4.79 Å². The van der Waals surface area contributed by atoms with Crippen molar-refractivity contribution in [3.8, 4) is 0 Å². The lowest BCUT2D eigenvalue weighted by atomic mass is 10.1. The quantitative estimate of drug-likeness (QED) is 0.853. The summed E-state index contributed by atoms with van der Waals surface area (Å²) in [5, 5.41) is 3.01. The maximum absolute atomic E-state index is 12.1. The van der Waals surface area contributed by atoms with Crippen LogP contribution in [0.5, 0.6) is 0 Å². The van der Waals surface area contributed by atoms with E-state index in [2.05, 4.69) is 17.4 Å². The molecular formula is C18H22N2O. The van der Waals surface area contributed by atoms with Gasteiger partial charge in [0.05, 0.1) is 6.42 Å². The number of benzene rings is 2. The fourth-order valence-corrected chi connectivity index (χ4v) is 2.26. The maximum atomic E-state index is 12.1. The van der Waals surface area contributed by atoms with Crippen LogP contribution in [-0.4, -0.2) is 18.5 Å². The van der Waals surface area contributed by atoms with Crippen molar-refractivity contribution in [1.82, 2.24) is 5.32 Å². The summed E-state index contributed by atoms with van der Waals surface area (Å²) in [7, 11) is 0. The zero-order valence-electron chi connectivity index (χ0n) is 12.4. The van der Waals surface area contributed by atoms with Gasteiger partial charge in [-0.25, -0.2) is 0 Å². The normalized spacial score (nSPS) is 11.9. The fraction of sp³-hybridized carbons (Fsp3) is 0.278. The third-order valence-corrected chi connectivity index (χ3v) is 3.46. The van der Waals surface area contributed by atoms with Gasteiger partial charge in [0, 0.05) is 12.6 Å². The average Bonchev–Trinajstić information content (AvgIpc) is 2.50. The number of nitrogens with one attached hydrogen (secondary N) is 1. The van der Waals surface area contributed by atoms with E-state index in [1.165, 1.54) is 11.1 Å². The predicted octanol–water partition coefficient (Wildman–Crippen LogP) is 2.22. The molecule has 0 aromatic heterocycles. The highest BCUT2D eigenvalue weighted by molar-refractivity contribution is 5.78. The highest BCUT2D eigenvalue weighted by Crippen LogP contribution is 2.05. The van der Waals surface area contributed by atoms with Gasteiger partial charge >= 0.3 is 0 Å². The van der Waals surface area contributed by atoms with E-state index in [0.717, 1.165) is 12.0 Å². The van der Waals surface area contributed by atoms with Crippen LogP contribution >= 0.6 is 0 Å². The third-order valence-electron chi connectivity index (χ3n) is 3.46. The van der Waals surface area contributed by atoms with Crippen molar-refractivity contribution in [2.24, 2.45) is 5.73 Å². The van der Waals surface area contributed by atoms with Crippen LogP contribution in [-0.2, 0) is 17.6 Å². The minimum absolute atomic E-state index is 0.0187. The molecule has 1 atom stereocenters. The summed E-state index contributed by atoms with van der Waals surface area (Å²) in [5.41, 5.74) is 9.17. The molecule has 2 aromatic carbocycles. The molecule has 3 N–H and O–H groups in total. The van der Waals surface area contributed by atoms with Crippen LogP contribution in [0, 0.1) is 6.92 Å². The number of aryl methyl sites for hydroxylation is 1. The number of hydrogen-bond acceptors (Lipinski definition) is 2. The Morgan fingerprint density at radius 3 is 2.33 bits per heavy atom. The molecule has 21 heavy (non-hydrogen) atoms. The zero-order valence-corrected chi connectivity index (χ0v) is 12.4. The van der Waals surface area contributed by atoms with Crippen LogP contribution in [0.1, 0.15) is 16.7 Å². The summed E-state index contributed by atoms with van der Waals surface area (Å²) in [6.07, 6.45) is 1.16. The topological polar surface area (TPSA) is 55.1 Å². The van der Waals surface area contributed by atoms with Gasteiger partial charge in [-0.15, -0.1) is 0 Å². The van der Waals surface area contributed by atoms with E-state index in [0.29, 0.717) is 13.0 Å². The van der Waals surface area contributed by atoms with Gasteiger partial charge in [0.1, 0.15) is 0 Å². The molecule has 0 fully saturated rings. The minimum Gasteiger partial charge on any atom is -0.351 e. The second-order valence-electron chi connectivity index (χ2n) is 5.35. The van der Waals surface area contributed by atoms with Crippen LogP contribution in [0.3, 0.4) is 0 Å². The molecular weight excluding hydrogens is 260 g/mol. The molecule has 0 aliphatic carbocycles. The first kappa shape index (κ1) is 15.3. The van der Waals surface area contributed by atoms with Gasteiger partial charge in [0.2, 0.25) is 5.91 Å². The van der Waals surface area contributed by atoms with E-state index in [1.807, 2.05) is 49.4 Å². The lowest BCUT2D eigenvalue weighted by Crippen LogP contribution is -2.42. The number of amides is 1. The van der Waals surface area contributed by atoms with Crippen molar-refractivity contribution in [2.75, 3.05) is 6.54 Å². The van der Waals surface area contributed by atoms with Crippen LogP contribution in [0.15, 0.2) is 54.6 Å². The molecule has 2 aromatic rings. The van der Waals surface area contributed by atoms with E-state index < -0.39 is 0 Å². The fourth-order valence-electron chi connectivity index (χ4n) is 2.26. The first-order chi connectivity index (χ1) is 10.2. The van der Waals surface area contributed by atoms with E-state index in [-0.39, 0.29) is 11.9 Å². The molecule has 0 bridgehead atoms. The van der Waals surface area contributed by atoms with E-state index >= 15 is 0 Å².